The number of carbonyl (C=O) groups is 1. The number of rotatable bonds is 20. The number of allylic oxidation sites excluding steroid dienone is 1. The molecule has 13 atom stereocenters. The summed E-state index contributed by atoms with van der Waals surface area (Å²) in [6.45, 7) is 15.6. The van der Waals surface area contributed by atoms with Crippen LogP contribution in [-0.2, 0) is 54.9 Å². The molecule has 0 spiro atoms. The molecule has 4 aromatic rings. The van der Waals surface area contributed by atoms with E-state index in [1.807, 2.05) is 0 Å². The zero-order chi connectivity index (χ0) is 46.3. The first-order valence-corrected chi connectivity index (χ1v) is 25.1. The number of esters is 1. The van der Waals surface area contributed by atoms with E-state index in [-0.39, 0.29) is 64.9 Å². The minimum atomic E-state index is -0.497. The summed E-state index contributed by atoms with van der Waals surface area (Å²) in [5, 5.41) is 12.1. The van der Waals surface area contributed by atoms with E-state index in [1.165, 1.54) is 12.5 Å². The number of hydrogen-bond acceptors (Lipinski definition) is 7. The number of ether oxygens (including phenoxy) is 5. The van der Waals surface area contributed by atoms with Gasteiger partial charge >= 0.3 is 5.97 Å². The van der Waals surface area contributed by atoms with Crippen molar-refractivity contribution in [1.29, 1.82) is 0 Å². The SMILES string of the molecule is CC(=O)OCCC(CC(O)C(C)C1=CCC2C3C(OCc4ccccc4)[C@H](OCc4ccccc4)C4C(OCc5ccccc5)[C@H](OCc5ccccc5)CC[C@]4(C)C3CC[C@]12C)C(C)C. The Morgan fingerprint density at radius 3 is 1.67 bits per heavy atom. The lowest BCUT2D eigenvalue weighted by atomic mass is 9.42. The van der Waals surface area contributed by atoms with Crippen LogP contribution in [0.15, 0.2) is 133 Å². The molecular weight excluding hydrogens is 821 g/mol. The second kappa shape index (κ2) is 21.9. The molecule has 0 aromatic heterocycles. The van der Waals surface area contributed by atoms with Crippen molar-refractivity contribution >= 4 is 5.97 Å². The molecule has 7 heteroatoms. The van der Waals surface area contributed by atoms with Gasteiger partial charge in [-0.15, -0.1) is 0 Å². The van der Waals surface area contributed by atoms with Crippen LogP contribution in [0.5, 0.6) is 0 Å². The number of aliphatic hydroxyl groups is 1. The fraction of sp³-hybridized carbons (Fsp3) is 0.542. The Morgan fingerprint density at radius 2 is 1.15 bits per heavy atom. The van der Waals surface area contributed by atoms with Crippen molar-refractivity contribution < 1.29 is 33.6 Å². The second-order valence-electron chi connectivity index (χ2n) is 21.1. The fourth-order valence-electron chi connectivity index (χ4n) is 13.2. The van der Waals surface area contributed by atoms with Crippen LogP contribution < -0.4 is 0 Å². The summed E-state index contributed by atoms with van der Waals surface area (Å²) in [7, 11) is 0. The van der Waals surface area contributed by atoms with Crippen molar-refractivity contribution in [3.05, 3.63) is 155 Å². The van der Waals surface area contributed by atoms with Crippen LogP contribution in [0.1, 0.15) is 109 Å². The van der Waals surface area contributed by atoms with Crippen molar-refractivity contribution in [2.75, 3.05) is 6.61 Å². The third kappa shape index (κ3) is 10.8. The van der Waals surface area contributed by atoms with Gasteiger partial charge in [0.05, 0.1) is 63.6 Å². The first-order chi connectivity index (χ1) is 32.0. The zero-order valence-corrected chi connectivity index (χ0v) is 40.4. The number of carbonyl (C=O) groups excluding carboxylic acids is 1. The second-order valence-corrected chi connectivity index (χ2v) is 21.1. The van der Waals surface area contributed by atoms with Crippen LogP contribution in [0.25, 0.3) is 0 Å². The van der Waals surface area contributed by atoms with Crippen molar-refractivity contribution in [1.82, 2.24) is 0 Å². The van der Waals surface area contributed by atoms with Gasteiger partial charge in [-0.05, 0) is 108 Å². The summed E-state index contributed by atoms with van der Waals surface area (Å²) in [4.78, 5) is 11.6. The van der Waals surface area contributed by atoms with Crippen LogP contribution in [0.4, 0.5) is 0 Å². The maximum atomic E-state index is 12.1. The Morgan fingerprint density at radius 1 is 0.652 bits per heavy atom. The normalized spacial score (nSPS) is 30.6. The average Bonchev–Trinajstić information content (AvgIpc) is 3.69. The molecule has 354 valence electrons. The highest BCUT2D eigenvalue weighted by Crippen LogP contribution is 2.68. The number of fused-ring (bicyclic) bond motifs is 5. The summed E-state index contributed by atoms with van der Waals surface area (Å²) < 4.78 is 34.7. The Bertz CT molecular complexity index is 2140. The molecule has 4 aromatic carbocycles. The quantitative estimate of drug-likeness (QED) is 0.0699. The van der Waals surface area contributed by atoms with Crippen molar-refractivity contribution in [3.8, 4) is 0 Å². The monoisotopic (exact) mass is 897 g/mol. The third-order valence-corrected chi connectivity index (χ3v) is 16.8. The van der Waals surface area contributed by atoms with Gasteiger partial charge in [0.15, 0.2) is 0 Å². The van der Waals surface area contributed by atoms with Crippen molar-refractivity contribution in [3.63, 3.8) is 0 Å². The Labute approximate surface area is 395 Å². The van der Waals surface area contributed by atoms with Gasteiger partial charge < -0.3 is 28.8 Å². The maximum absolute atomic E-state index is 12.1. The predicted octanol–water partition coefficient (Wildman–Crippen LogP) is 12.3. The molecule has 1 N–H and O–H groups in total. The van der Waals surface area contributed by atoms with E-state index in [2.05, 4.69) is 162 Å². The van der Waals surface area contributed by atoms with Gasteiger partial charge in [-0.3, -0.25) is 4.79 Å². The van der Waals surface area contributed by atoms with Gasteiger partial charge in [-0.25, -0.2) is 0 Å². The van der Waals surface area contributed by atoms with Gasteiger partial charge in [0.1, 0.15) is 0 Å². The van der Waals surface area contributed by atoms with Gasteiger partial charge in [-0.1, -0.05) is 168 Å². The average molecular weight is 897 g/mol. The van der Waals surface area contributed by atoms with Gasteiger partial charge in [-0.2, -0.15) is 0 Å². The molecule has 4 aliphatic carbocycles. The summed E-state index contributed by atoms with van der Waals surface area (Å²) in [5.41, 5.74) is 5.79. The van der Waals surface area contributed by atoms with E-state index in [9.17, 15) is 9.90 Å². The highest BCUT2D eigenvalue weighted by Gasteiger charge is 2.67. The van der Waals surface area contributed by atoms with E-state index in [4.69, 9.17) is 23.7 Å². The lowest BCUT2D eigenvalue weighted by Crippen LogP contribution is -2.69. The molecule has 3 saturated carbocycles. The highest BCUT2D eigenvalue weighted by molar-refractivity contribution is 5.65. The Balaban J connectivity index is 1.16. The molecule has 0 saturated heterocycles. The van der Waals surface area contributed by atoms with E-state index < -0.39 is 6.10 Å². The van der Waals surface area contributed by atoms with Crippen molar-refractivity contribution in [2.24, 2.45) is 52.3 Å². The summed E-state index contributed by atoms with van der Waals surface area (Å²) in [6.07, 6.45) is 7.62. The molecule has 0 aliphatic heterocycles. The van der Waals surface area contributed by atoms with Crippen LogP contribution >= 0.6 is 0 Å². The molecule has 0 bridgehead atoms. The fourth-order valence-corrected chi connectivity index (χ4v) is 13.2. The molecule has 0 heterocycles. The third-order valence-electron chi connectivity index (χ3n) is 16.8. The van der Waals surface area contributed by atoms with Crippen LogP contribution in [0.3, 0.4) is 0 Å². The highest BCUT2D eigenvalue weighted by atomic mass is 16.6. The maximum Gasteiger partial charge on any atom is 0.302 e. The smallest absolute Gasteiger partial charge is 0.302 e. The molecule has 7 nitrogen and oxygen atoms in total. The van der Waals surface area contributed by atoms with Crippen LogP contribution in [0.2, 0.25) is 0 Å². The molecular formula is C59H76O7. The van der Waals surface area contributed by atoms with Crippen molar-refractivity contribution in [2.45, 2.75) is 143 Å². The number of benzene rings is 4. The first kappa shape index (κ1) is 48.4. The van der Waals surface area contributed by atoms with E-state index >= 15 is 0 Å². The summed E-state index contributed by atoms with van der Waals surface area (Å²) in [5.74, 6) is 1.28. The molecule has 66 heavy (non-hydrogen) atoms. The van der Waals surface area contributed by atoms with E-state index in [0.29, 0.717) is 57.2 Å². The standard InChI is InChI=1S/C59H76O7/c1-40(2)47(31-34-62-42(4)60)35-51(61)41(3)48-27-28-49-53-50(29-32-58(48,49)5)59(6)33-30-52(63-36-43-19-11-7-12-20-43)55(64-37-44-21-13-8-14-22-44)54(59)57(66-39-46-25-17-10-18-26-46)56(53)65-38-45-23-15-9-16-24-45/h7-27,40-41,47,49-57,61H,28-39H2,1-6H3/t41?,47?,49?,50?,51?,52-,53?,54?,55?,56?,57-,58-,59-/m1/s1. The molecule has 0 radical (unpaired) electrons. The first-order valence-electron chi connectivity index (χ1n) is 25.1. The lowest BCUT2D eigenvalue weighted by molar-refractivity contribution is -0.284. The van der Waals surface area contributed by atoms with E-state index in [0.717, 1.165) is 60.8 Å². The van der Waals surface area contributed by atoms with Gasteiger partial charge in [0.2, 0.25) is 0 Å². The van der Waals surface area contributed by atoms with Gasteiger partial charge in [0, 0.05) is 18.8 Å². The number of aliphatic hydroxyl groups excluding tert-OH is 1. The molecule has 8 rings (SSSR count). The molecule has 3 fully saturated rings. The van der Waals surface area contributed by atoms with Gasteiger partial charge in [0.25, 0.3) is 0 Å². The van der Waals surface area contributed by atoms with Crippen LogP contribution in [-0.4, -0.2) is 48.2 Å². The lowest BCUT2D eigenvalue weighted by Gasteiger charge is -2.66. The molecule has 0 amide bonds. The number of hydrogen-bond donors (Lipinski definition) is 1. The minimum absolute atomic E-state index is 0.000218. The van der Waals surface area contributed by atoms with Crippen LogP contribution in [0, 0.1) is 52.3 Å². The molecule has 4 aliphatic rings. The molecule has 9 unspecified atom stereocenters. The Hall–Kier alpha value is -4.11. The summed E-state index contributed by atoms with van der Waals surface area (Å²) >= 11 is 0. The largest absolute Gasteiger partial charge is 0.466 e. The predicted molar refractivity (Wildman–Crippen MR) is 261 cm³/mol. The minimum Gasteiger partial charge on any atom is -0.466 e. The Kier molecular flexibility index (Phi) is 16.0. The zero-order valence-electron chi connectivity index (χ0n) is 40.4. The summed E-state index contributed by atoms with van der Waals surface area (Å²) in [6, 6.07) is 42.3. The topological polar surface area (TPSA) is 83.5 Å². The van der Waals surface area contributed by atoms with E-state index in [1.54, 1.807) is 0 Å².